The molecule has 0 bridgehead atoms. The van der Waals surface area contributed by atoms with Crippen molar-refractivity contribution in [1.29, 1.82) is 0 Å². The fraction of sp³-hybridized carbons (Fsp3) is 0.333. The molecular weight excluding hydrogens is 422 g/mol. The van der Waals surface area contributed by atoms with Crippen LogP contribution in [0.2, 0.25) is 0 Å². The molecule has 4 rings (SSSR count). The number of imide groups is 1. The molecule has 1 aromatic heterocycles. The molecule has 0 radical (unpaired) electrons. The van der Waals surface area contributed by atoms with Gasteiger partial charge in [-0.3, -0.25) is 14.3 Å². The second kappa shape index (κ2) is 8.78. The summed E-state index contributed by atoms with van der Waals surface area (Å²) in [5.41, 5.74) is 3.15. The van der Waals surface area contributed by atoms with Crippen molar-refractivity contribution >= 4 is 23.7 Å². The minimum absolute atomic E-state index is 0.0598. The van der Waals surface area contributed by atoms with Crippen molar-refractivity contribution in [3.05, 3.63) is 60.2 Å². The molecule has 1 N–H and O–H groups in total. The van der Waals surface area contributed by atoms with E-state index in [2.05, 4.69) is 60.6 Å². The summed E-state index contributed by atoms with van der Waals surface area (Å²) in [6.07, 6.45) is 0. The largest absolute Gasteiger partial charge is 0.336 e. The Balaban J connectivity index is 1.69. The fourth-order valence-electron chi connectivity index (χ4n) is 3.57. The van der Waals surface area contributed by atoms with Crippen LogP contribution in [0, 0.1) is 0 Å². The zero-order valence-electron chi connectivity index (χ0n) is 18.7. The first-order valence-electron chi connectivity index (χ1n) is 10.6. The second-order valence-electron chi connectivity index (χ2n) is 8.79. The predicted octanol–water partition coefficient (Wildman–Crippen LogP) is 4.26. The number of aromatic nitrogens is 3. The van der Waals surface area contributed by atoms with Gasteiger partial charge in [0.2, 0.25) is 5.91 Å². The van der Waals surface area contributed by atoms with E-state index in [4.69, 9.17) is 0 Å². The van der Waals surface area contributed by atoms with Crippen LogP contribution in [0.4, 0.5) is 4.79 Å². The third-order valence-electron chi connectivity index (χ3n) is 5.41. The highest BCUT2D eigenvalue weighted by molar-refractivity contribution is 8.00. The fourth-order valence-corrected chi connectivity index (χ4v) is 4.50. The number of carbonyl (C=O) groups excluding carboxylic acids is 2. The van der Waals surface area contributed by atoms with Crippen LogP contribution in [0.1, 0.15) is 33.3 Å². The Morgan fingerprint density at radius 2 is 1.75 bits per heavy atom. The lowest BCUT2D eigenvalue weighted by Crippen LogP contribution is -2.39. The number of nitrogens with one attached hydrogen (secondary N) is 1. The van der Waals surface area contributed by atoms with Gasteiger partial charge in [-0.1, -0.05) is 75.0 Å². The molecule has 1 aliphatic heterocycles. The monoisotopic (exact) mass is 449 g/mol. The van der Waals surface area contributed by atoms with E-state index in [1.54, 1.807) is 6.92 Å². The number of nitrogens with zero attached hydrogens (tertiary/aromatic N) is 4. The summed E-state index contributed by atoms with van der Waals surface area (Å²) in [7, 11) is 0. The standard InChI is InChI=1S/C24H27N5O2S/c1-16(21(30)28-15-14-25-22(28)31)32-23-27-26-20(29(23)19-8-6-5-7-9-19)17-10-12-18(13-11-17)24(2,3)4/h5-13,16H,14-15H2,1-4H3,(H,25,31). The molecule has 1 unspecified atom stereocenters. The van der Waals surface area contributed by atoms with Gasteiger partial charge in [0.15, 0.2) is 11.0 Å². The van der Waals surface area contributed by atoms with Gasteiger partial charge in [-0.05, 0) is 30.0 Å². The van der Waals surface area contributed by atoms with Crippen LogP contribution in [0.25, 0.3) is 17.1 Å². The lowest BCUT2D eigenvalue weighted by atomic mass is 9.87. The molecule has 0 saturated carbocycles. The molecule has 2 heterocycles. The second-order valence-corrected chi connectivity index (χ2v) is 10.1. The van der Waals surface area contributed by atoms with Crippen LogP contribution in [0.5, 0.6) is 0 Å². The Bertz CT molecular complexity index is 1120. The van der Waals surface area contributed by atoms with E-state index >= 15 is 0 Å². The normalized spacial score (nSPS) is 15.0. The number of rotatable bonds is 5. The number of hydrogen-bond donors (Lipinski definition) is 1. The molecule has 8 heteroatoms. The van der Waals surface area contributed by atoms with Crippen LogP contribution < -0.4 is 5.32 Å². The SMILES string of the molecule is CC(Sc1nnc(-c2ccc(C(C)(C)C)cc2)n1-c1ccccc1)C(=O)N1CCNC1=O. The highest BCUT2D eigenvalue weighted by atomic mass is 32.2. The Morgan fingerprint density at radius 3 is 2.34 bits per heavy atom. The molecule has 2 aromatic carbocycles. The Labute approximate surface area is 192 Å². The zero-order chi connectivity index (χ0) is 22.9. The summed E-state index contributed by atoms with van der Waals surface area (Å²) in [6, 6.07) is 17.8. The molecule has 1 aliphatic rings. The van der Waals surface area contributed by atoms with Crippen molar-refractivity contribution in [2.45, 2.75) is 43.5 Å². The zero-order valence-corrected chi connectivity index (χ0v) is 19.5. The molecule has 0 spiro atoms. The summed E-state index contributed by atoms with van der Waals surface area (Å²) < 4.78 is 1.96. The number of benzene rings is 2. The number of urea groups is 1. The summed E-state index contributed by atoms with van der Waals surface area (Å²) >= 11 is 1.30. The van der Waals surface area contributed by atoms with E-state index in [-0.39, 0.29) is 17.4 Å². The van der Waals surface area contributed by atoms with E-state index in [9.17, 15) is 9.59 Å². The van der Waals surface area contributed by atoms with Crippen molar-refractivity contribution in [3.63, 3.8) is 0 Å². The van der Waals surface area contributed by atoms with Gasteiger partial charge < -0.3 is 5.32 Å². The minimum Gasteiger partial charge on any atom is -0.336 e. The highest BCUT2D eigenvalue weighted by Gasteiger charge is 2.31. The molecule has 3 amide bonds. The summed E-state index contributed by atoms with van der Waals surface area (Å²) in [5.74, 6) is 0.474. The van der Waals surface area contributed by atoms with Gasteiger partial charge in [-0.2, -0.15) is 0 Å². The Morgan fingerprint density at radius 1 is 1.06 bits per heavy atom. The van der Waals surface area contributed by atoms with E-state index in [1.807, 2.05) is 34.9 Å². The third kappa shape index (κ3) is 4.41. The molecule has 3 aromatic rings. The van der Waals surface area contributed by atoms with Crippen LogP contribution in [-0.2, 0) is 10.2 Å². The van der Waals surface area contributed by atoms with E-state index in [0.717, 1.165) is 11.3 Å². The summed E-state index contributed by atoms with van der Waals surface area (Å²) in [6.45, 7) is 9.21. The van der Waals surface area contributed by atoms with Crippen molar-refractivity contribution in [1.82, 2.24) is 25.0 Å². The maximum absolute atomic E-state index is 12.8. The molecular formula is C24H27N5O2S. The smallest absolute Gasteiger partial charge is 0.324 e. The van der Waals surface area contributed by atoms with Gasteiger partial charge in [-0.25, -0.2) is 4.79 Å². The molecule has 7 nitrogen and oxygen atoms in total. The highest BCUT2D eigenvalue weighted by Crippen LogP contribution is 2.32. The third-order valence-corrected chi connectivity index (χ3v) is 6.44. The topological polar surface area (TPSA) is 80.1 Å². The summed E-state index contributed by atoms with van der Waals surface area (Å²) in [4.78, 5) is 26.0. The molecule has 1 saturated heterocycles. The van der Waals surface area contributed by atoms with E-state index in [1.165, 1.54) is 22.2 Å². The molecule has 166 valence electrons. The molecule has 1 atom stereocenters. The number of hydrogen-bond acceptors (Lipinski definition) is 5. The van der Waals surface area contributed by atoms with Crippen molar-refractivity contribution in [3.8, 4) is 17.1 Å². The summed E-state index contributed by atoms with van der Waals surface area (Å²) in [5, 5.41) is 11.7. The maximum Gasteiger partial charge on any atom is 0.324 e. The number of thioether (sulfide) groups is 1. The molecule has 0 aliphatic carbocycles. The van der Waals surface area contributed by atoms with Gasteiger partial charge in [0.1, 0.15) is 0 Å². The van der Waals surface area contributed by atoms with Crippen LogP contribution >= 0.6 is 11.8 Å². The Kier molecular flexibility index (Phi) is 6.06. The van der Waals surface area contributed by atoms with Gasteiger partial charge in [0.05, 0.1) is 5.25 Å². The number of carbonyl (C=O) groups is 2. The van der Waals surface area contributed by atoms with Crippen molar-refractivity contribution < 1.29 is 9.59 Å². The van der Waals surface area contributed by atoms with Crippen LogP contribution in [0.15, 0.2) is 59.8 Å². The van der Waals surface area contributed by atoms with Gasteiger partial charge in [-0.15, -0.1) is 10.2 Å². The van der Waals surface area contributed by atoms with Crippen LogP contribution in [0.3, 0.4) is 0 Å². The molecule has 1 fully saturated rings. The minimum atomic E-state index is -0.485. The maximum atomic E-state index is 12.8. The van der Waals surface area contributed by atoms with E-state index in [0.29, 0.717) is 24.1 Å². The number of para-hydroxylation sites is 1. The van der Waals surface area contributed by atoms with E-state index < -0.39 is 5.25 Å². The lowest BCUT2D eigenvalue weighted by molar-refractivity contribution is -0.126. The average Bonchev–Trinajstić information content (AvgIpc) is 3.39. The van der Waals surface area contributed by atoms with Gasteiger partial charge in [0.25, 0.3) is 0 Å². The first-order chi connectivity index (χ1) is 15.3. The van der Waals surface area contributed by atoms with Crippen molar-refractivity contribution in [2.75, 3.05) is 13.1 Å². The lowest BCUT2D eigenvalue weighted by Gasteiger charge is -2.19. The molecule has 32 heavy (non-hydrogen) atoms. The predicted molar refractivity (Wildman–Crippen MR) is 126 cm³/mol. The van der Waals surface area contributed by atoms with Gasteiger partial charge >= 0.3 is 6.03 Å². The number of amides is 3. The van der Waals surface area contributed by atoms with Gasteiger partial charge in [0, 0.05) is 24.3 Å². The first kappa shape index (κ1) is 22.1. The van der Waals surface area contributed by atoms with Crippen molar-refractivity contribution in [2.24, 2.45) is 0 Å². The quantitative estimate of drug-likeness (QED) is 0.589. The average molecular weight is 450 g/mol. The van der Waals surface area contributed by atoms with Crippen LogP contribution in [-0.4, -0.2) is 49.9 Å². The first-order valence-corrected chi connectivity index (χ1v) is 11.5. The Hall–Kier alpha value is -3.13.